The van der Waals surface area contributed by atoms with Crippen molar-refractivity contribution < 1.29 is 0 Å². The third-order valence-electron chi connectivity index (χ3n) is 0.668. The van der Waals surface area contributed by atoms with Crippen LogP contribution in [-0.4, -0.2) is 0 Å². The predicted octanol–water partition coefficient (Wildman–Crippen LogP) is 2.79. The summed E-state index contributed by atoms with van der Waals surface area (Å²) in [6.45, 7) is 3.48. The van der Waals surface area contributed by atoms with E-state index in [1.54, 1.807) is 11.3 Å². The van der Waals surface area contributed by atoms with Gasteiger partial charge < -0.3 is 0 Å². The van der Waals surface area contributed by atoms with E-state index in [2.05, 4.69) is 12.0 Å². The van der Waals surface area contributed by atoms with Crippen LogP contribution in [0.1, 0.15) is 0 Å². The van der Waals surface area contributed by atoms with E-state index in [-0.39, 0.29) is 0 Å². The lowest BCUT2D eigenvalue weighted by atomic mass is 10.7. The molecule has 0 aromatic carbocycles. The molecule has 41 valence electrons. The summed E-state index contributed by atoms with van der Waals surface area (Å²) in [7, 11) is 0. The molecule has 0 amide bonds. The Kier molecular flexibility index (Phi) is 2.18. The van der Waals surface area contributed by atoms with Gasteiger partial charge in [-0.05, 0) is 11.4 Å². The van der Waals surface area contributed by atoms with Crippen molar-refractivity contribution in [3.63, 3.8) is 0 Å². The molecule has 0 atom stereocenters. The van der Waals surface area contributed by atoms with Crippen LogP contribution in [0.25, 0.3) is 0 Å². The molecule has 0 aliphatic rings. The molecule has 0 unspecified atom stereocenters. The van der Waals surface area contributed by atoms with Gasteiger partial charge in [0.2, 0.25) is 0 Å². The highest BCUT2D eigenvalue weighted by Crippen LogP contribution is 2.22. The Bertz CT molecular complexity index is 153. The maximum Gasteiger partial charge on any atom is 0.0646 e. The molecule has 2 heteroatoms. The molecule has 0 nitrogen and oxygen atoms in total. The highest BCUT2D eigenvalue weighted by molar-refractivity contribution is 8.02. The van der Waals surface area contributed by atoms with Crippen LogP contribution in [0.5, 0.6) is 0 Å². The first-order valence-corrected chi connectivity index (χ1v) is 3.85. The SMILES string of the molecule is C=[C]Sc1cccs1. The van der Waals surface area contributed by atoms with E-state index in [1.807, 2.05) is 17.5 Å². The fourth-order valence-electron chi connectivity index (χ4n) is 0.393. The normalized spacial score (nSPS) is 9.00. The molecule has 0 spiro atoms. The van der Waals surface area contributed by atoms with Gasteiger partial charge in [0.05, 0.1) is 4.21 Å². The quantitative estimate of drug-likeness (QED) is 0.571. The summed E-state index contributed by atoms with van der Waals surface area (Å²) in [5.74, 6) is 0. The van der Waals surface area contributed by atoms with E-state index in [0.717, 1.165) is 0 Å². The van der Waals surface area contributed by atoms with Crippen LogP contribution >= 0.6 is 23.1 Å². The van der Waals surface area contributed by atoms with Gasteiger partial charge in [-0.15, -0.1) is 11.3 Å². The van der Waals surface area contributed by atoms with E-state index in [4.69, 9.17) is 0 Å². The van der Waals surface area contributed by atoms with E-state index < -0.39 is 0 Å². The molecule has 0 aliphatic heterocycles. The van der Waals surface area contributed by atoms with E-state index in [9.17, 15) is 0 Å². The van der Waals surface area contributed by atoms with Crippen molar-refractivity contribution in [2.45, 2.75) is 4.21 Å². The lowest BCUT2D eigenvalue weighted by Gasteiger charge is -1.80. The van der Waals surface area contributed by atoms with Gasteiger partial charge in [-0.3, -0.25) is 0 Å². The summed E-state index contributed by atoms with van der Waals surface area (Å²) in [5, 5.41) is 4.79. The molecule has 8 heavy (non-hydrogen) atoms. The minimum atomic E-state index is 1.25. The maximum atomic E-state index is 3.48. The average Bonchev–Trinajstić information content (AvgIpc) is 2.19. The van der Waals surface area contributed by atoms with Gasteiger partial charge in [0.1, 0.15) is 0 Å². The number of hydrogen-bond acceptors (Lipinski definition) is 2. The van der Waals surface area contributed by atoms with Gasteiger partial charge in [0.25, 0.3) is 0 Å². The van der Waals surface area contributed by atoms with Crippen molar-refractivity contribution in [3.8, 4) is 0 Å². The molecule has 0 aliphatic carbocycles. The van der Waals surface area contributed by atoms with Crippen molar-refractivity contribution in [2.24, 2.45) is 0 Å². The topological polar surface area (TPSA) is 0 Å². The third kappa shape index (κ3) is 1.39. The van der Waals surface area contributed by atoms with Gasteiger partial charge in [-0.2, -0.15) is 0 Å². The van der Waals surface area contributed by atoms with Crippen LogP contribution in [0, 0.1) is 5.41 Å². The van der Waals surface area contributed by atoms with Crippen molar-refractivity contribution in [3.05, 3.63) is 29.5 Å². The van der Waals surface area contributed by atoms with Crippen LogP contribution in [0.3, 0.4) is 0 Å². The minimum Gasteiger partial charge on any atom is -0.137 e. The summed E-state index contributed by atoms with van der Waals surface area (Å²) in [6, 6.07) is 4.07. The molecule has 0 bridgehead atoms. The first-order valence-electron chi connectivity index (χ1n) is 2.16. The summed E-state index contributed by atoms with van der Waals surface area (Å²) in [6.07, 6.45) is 0. The van der Waals surface area contributed by atoms with Crippen LogP contribution in [0.4, 0.5) is 0 Å². The molecule has 1 radical (unpaired) electrons. The van der Waals surface area contributed by atoms with E-state index >= 15 is 0 Å². The molecule has 0 saturated carbocycles. The number of rotatable bonds is 2. The van der Waals surface area contributed by atoms with Crippen molar-refractivity contribution in [2.75, 3.05) is 0 Å². The summed E-state index contributed by atoms with van der Waals surface area (Å²) in [5.41, 5.74) is 0. The molecular weight excluding hydrogens is 136 g/mol. The predicted molar refractivity (Wildman–Crippen MR) is 39.0 cm³/mol. The van der Waals surface area contributed by atoms with Crippen LogP contribution < -0.4 is 0 Å². The van der Waals surface area contributed by atoms with Crippen LogP contribution in [-0.2, 0) is 0 Å². The molecular formula is C6H5S2. The molecule has 0 saturated heterocycles. The van der Waals surface area contributed by atoms with Gasteiger partial charge >= 0.3 is 0 Å². The van der Waals surface area contributed by atoms with Crippen LogP contribution in [0.2, 0.25) is 0 Å². The molecule has 0 N–H and O–H groups in total. The Labute approximate surface area is 57.2 Å². The Balaban J connectivity index is 2.62. The van der Waals surface area contributed by atoms with Gasteiger partial charge in [-0.1, -0.05) is 24.4 Å². The highest BCUT2D eigenvalue weighted by Gasteiger charge is 1.86. The molecule has 1 rings (SSSR count). The Morgan fingerprint density at radius 3 is 3.12 bits per heavy atom. The fraction of sp³-hybridized carbons (Fsp3) is 0. The Morgan fingerprint density at radius 2 is 2.62 bits per heavy atom. The summed E-state index contributed by atoms with van der Waals surface area (Å²) in [4.78, 5) is 0. The highest BCUT2D eigenvalue weighted by atomic mass is 32.2. The fourth-order valence-corrected chi connectivity index (χ4v) is 1.67. The minimum absolute atomic E-state index is 1.25. The lowest BCUT2D eigenvalue weighted by molar-refractivity contribution is 1.75. The zero-order valence-corrected chi connectivity index (χ0v) is 5.89. The second-order valence-electron chi connectivity index (χ2n) is 1.18. The maximum absolute atomic E-state index is 3.48. The van der Waals surface area contributed by atoms with Crippen LogP contribution in [0.15, 0.2) is 28.3 Å². The van der Waals surface area contributed by atoms with Gasteiger partial charge in [0, 0.05) is 5.41 Å². The largest absolute Gasteiger partial charge is 0.137 e. The lowest BCUT2D eigenvalue weighted by Crippen LogP contribution is -1.46. The number of thioether (sulfide) groups is 1. The first-order chi connectivity index (χ1) is 3.93. The third-order valence-corrected chi connectivity index (χ3v) is 2.35. The number of thiophene rings is 1. The molecule has 0 fully saturated rings. The average molecular weight is 141 g/mol. The zero-order valence-electron chi connectivity index (χ0n) is 4.26. The zero-order chi connectivity index (χ0) is 5.82. The first kappa shape index (κ1) is 5.92. The van der Waals surface area contributed by atoms with Gasteiger partial charge in [0.15, 0.2) is 0 Å². The van der Waals surface area contributed by atoms with Crippen molar-refractivity contribution >= 4 is 23.1 Å². The Morgan fingerprint density at radius 1 is 1.75 bits per heavy atom. The smallest absolute Gasteiger partial charge is 0.0646 e. The summed E-state index contributed by atoms with van der Waals surface area (Å²) >= 11 is 3.25. The molecule has 1 aromatic rings. The summed E-state index contributed by atoms with van der Waals surface area (Å²) < 4.78 is 1.25. The molecule has 1 aromatic heterocycles. The number of hydrogen-bond donors (Lipinski definition) is 0. The van der Waals surface area contributed by atoms with Gasteiger partial charge in [-0.25, -0.2) is 0 Å². The second-order valence-corrected chi connectivity index (χ2v) is 3.32. The van der Waals surface area contributed by atoms with E-state index in [0.29, 0.717) is 0 Å². The Hall–Kier alpha value is -0.210. The van der Waals surface area contributed by atoms with Crippen molar-refractivity contribution in [1.29, 1.82) is 0 Å². The van der Waals surface area contributed by atoms with Crippen molar-refractivity contribution in [1.82, 2.24) is 0 Å². The second kappa shape index (κ2) is 2.95. The van der Waals surface area contributed by atoms with E-state index in [1.165, 1.54) is 16.0 Å². The standard InChI is InChI=1S/C6H5S2/c1-2-7-6-4-3-5-8-6/h3-5H,1H2. The molecule has 1 heterocycles. The monoisotopic (exact) mass is 141 g/mol.